The van der Waals surface area contributed by atoms with Crippen molar-refractivity contribution in [2.75, 3.05) is 38.0 Å². The molecular formula is C27H31N6+. The molecule has 1 aromatic heterocycles. The fraction of sp³-hybridized carbons (Fsp3) is 0.222. The molecule has 0 bridgehead atoms. The van der Waals surface area contributed by atoms with E-state index >= 15 is 0 Å². The van der Waals surface area contributed by atoms with E-state index in [4.69, 9.17) is 10.2 Å². The number of aromatic nitrogens is 2. The van der Waals surface area contributed by atoms with E-state index in [0.717, 1.165) is 34.4 Å². The van der Waals surface area contributed by atoms with Crippen molar-refractivity contribution >= 4 is 34.8 Å². The molecule has 0 aliphatic heterocycles. The number of imidazole rings is 1. The Bertz CT molecular complexity index is 1180. The third kappa shape index (κ3) is 4.80. The maximum Gasteiger partial charge on any atom is 0.308 e. The summed E-state index contributed by atoms with van der Waals surface area (Å²) in [5.41, 5.74) is 6.48. The smallest absolute Gasteiger partial charge is 0.308 e. The molecule has 0 fully saturated rings. The lowest BCUT2D eigenvalue weighted by Gasteiger charge is -2.11. The number of rotatable bonds is 7. The van der Waals surface area contributed by atoms with Crippen LogP contribution >= 0.6 is 0 Å². The summed E-state index contributed by atoms with van der Waals surface area (Å²) in [6.45, 7) is 2.13. The zero-order chi connectivity index (χ0) is 23.4. The highest BCUT2D eigenvalue weighted by molar-refractivity contribution is 5.82. The van der Waals surface area contributed by atoms with E-state index in [9.17, 15) is 0 Å². The van der Waals surface area contributed by atoms with Crippen LogP contribution in [-0.4, -0.2) is 45.3 Å². The Kier molecular flexibility index (Phi) is 6.54. The lowest BCUT2D eigenvalue weighted by atomic mass is 10.2. The molecule has 0 radical (unpaired) electrons. The van der Waals surface area contributed by atoms with Crippen molar-refractivity contribution in [3.8, 4) is 0 Å². The van der Waals surface area contributed by atoms with Crippen LogP contribution in [0.4, 0.5) is 11.4 Å². The second kappa shape index (κ2) is 9.69. The first kappa shape index (κ1) is 22.3. The van der Waals surface area contributed by atoms with Gasteiger partial charge in [0, 0.05) is 39.6 Å². The van der Waals surface area contributed by atoms with Crippen molar-refractivity contribution in [2.24, 2.45) is 10.2 Å². The van der Waals surface area contributed by atoms with Gasteiger partial charge in [-0.15, -0.1) is 0 Å². The largest absolute Gasteiger partial charge is 0.378 e. The Balaban J connectivity index is 1.71. The molecule has 0 amide bonds. The molecule has 0 aliphatic carbocycles. The van der Waals surface area contributed by atoms with Crippen molar-refractivity contribution in [3.63, 3.8) is 0 Å². The second-order valence-corrected chi connectivity index (χ2v) is 8.34. The first-order chi connectivity index (χ1) is 16.0. The average molecular weight is 440 g/mol. The number of hydrogen-bond donors (Lipinski definition) is 0. The molecule has 6 heteroatoms. The Labute approximate surface area is 195 Å². The van der Waals surface area contributed by atoms with Crippen LogP contribution in [0.5, 0.6) is 0 Å². The van der Waals surface area contributed by atoms with Crippen LogP contribution in [0.15, 0.2) is 83.0 Å². The van der Waals surface area contributed by atoms with Crippen molar-refractivity contribution in [2.45, 2.75) is 13.3 Å². The van der Waals surface area contributed by atoms with Crippen molar-refractivity contribution < 1.29 is 4.68 Å². The van der Waals surface area contributed by atoms with Gasteiger partial charge in [0.25, 0.3) is 0 Å². The molecule has 168 valence electrons. The number of anilines is 2. The molecule has 0 spiro atoms. The van der Waals surface area contributed by atoms with Crippen LogP contribution in [0.2, 0.25) is 0 Å². The zero-order valence-corrected chi connectivity index (χ0v) is 20.0. The molecule has 4 aromatic rings. The van der Waals surface area contributed by atoms with Gasteiger partial charge >= 0.3 is 5.82 Å². The Hall–Kier alpha value is -3.93. The molecule has 4 rings (SSSR count). The Morgan fingerprint density at radius 2 is 1.30 bits per heavy atom. The predicted octanol–water partition coefficient (Wildman–Crippen LogP) is 4.39. The maximum absolute atomic E-state index is 4.83. The highest BCUT2D eigenvalue weighted by atomic mass is 15.5. The van der Waals surface area contributed by atoms with Gasteiger partial charge in [-0.1, -0.05) is 62.9 Å². The van der Waals surface area contributed by atoms with Gasteiger partial charge < -0.3 is 9.80 Å². The van der Waals surface area contributed by atoms with E-state index in [1.54, 1.807) is 0 Å². The number of fused-ring (bicyclic) bond motifs is 1. The lowest BCUT2D eigenvalue weighted by molar-refractivity contribution is -0.660. The van der Waals surface area contributed by atoms with Gasteiger partial charge in [0.15, 0.2) is 0 Å². The first-order valence-corrected chi connectivity index (χ1v) is 11.2. The molecule has 1 heterocycles. The number of para-hydroxylation sites is 2. The van der Waals surface area contributed by atoms with E-state index in [0.29, 0.717) is 0 Å². The zero-order valence-electron chi connectivity index (χ0n) is 20.0. The summed E-state index contributed by atoms with van der Waals surface area (Å²) in [5, 5.41) is 9.67. The first-order valence-electron chi connectivity index (χ1n) is 11.2. The fourth-order valence-corrected chi connectivity index (χ4v) is 3.71. The van der Waals surface area contributed by atoms with Crippen molar-refractivity contribution in [1.82, 2.24) is 4.68 Å². The lowest BCUT2D eigenvalue weighted by Crippen LogP contribution is -2.32. The predicted molar refractivity (Wildman–Crippen MR) is 139 cm³/mol. The summed E-state index contributed by atoms with van der Waals surface area (Å²) in [5.74, 6) is 1.01. The third-order valence-electron chi connectivity index (χ3n) is 5.61. The summed E-state index contributed by atoms with van der Waals surface area (Å²) in [6, 6.07) is 25.0. The summed E-state index contributed by atoms with van der Waals surface area (Å²) in [6.07, 6.45) is 4.60. The van der Waals surface area contributed by atoms with Gasteiger partial charge in [-0.3, -0.25) is 0 Å². The van der Waals surface area contributed by atoms with Crippen LogP contribution in [0.1, 0.15) is 23.9 Å². The second-order valence-electron chi connectivity index (χ2n) is 8.34. The topological polar surface area (TPSA) is 40.0 Å². The molecule has 0 atom stereocenters. The Morgan fingerprint density at radius 1 is 0.758 bits per heavy atom. The van der Waals surface area contributed by atoms with Crippen LogP contribution in [0.3, 0.4) is 0 Å². The van der Waals surface area contributed by atoms with Crippen molar-refractivity contribution in [1.29, 1.82) is 0 Å². The van der Waals surface area contributed by atoms with Gasteiger partial charge in [0.1, 0.15) is 0 Å². The van der Waals surface area contributed by atoms with E-state index in [1.165, 1.54) is 11.4 Å². The summed E-state index contributed by atoms with van der Waals surface area (Å²) in [4.78, 5) is 4.18. The van der Waals surface area contributed by atoms with Gasteiger partial charge in [-0.05, 0) is 47.5 Å². The van der Waals surface area contributed by atoms with E-state index < -0.39 is 0 Å². The monoisotopic (exact) mass is 439 g/mol. The summed E-state index contributed by atoms with van der Waals surface area (Å²) in [7, 11) is 8.16. The average Bonchev–Trinajstić information content (AvgIpc) is 3.14. The molecular weight excluding hydrogens is 408 g/mol. The van der Waals surface area contributed by atoms with Gasteiger partial charge in [-0.2, -0.15) is 0 Å². The van der Waals surface area contributed by atoms with Crippen LogP contribution in [-0.2, 0) is 6.42 Å². The quantitative estimate of drug-likeness (QED) is 0.317. The molecule has 0 aliphatic rings. The SMILES string of the molecule is CCc1n(N=Cc2ccc(N(C)C)cc2)c2ccccc2[n+]1N=Cc1ccc(N(C)C)cc1. The minimum atomic E-state index is 0.794. The highest BCUT2D eigenvalue weighted by Gasteiger charge is 2.23. The van der Waals surface area contributed by atoms with Crippen molar-refractivity contribution in [3.05, 3.63) is 89.7 Å². The van der Waals surface area contributed by atoms with Gasteiger partial charge in [0.2, 0.25) is 11.0 Å². The molecule has 6 nitrogen and oxygen atoms in total. The standard InChI is InChI=1S/C27H31N6/c1-6-27-32(28-19-21-11-15-23(16-12-21)30(2)3)25-9-7-8-10-26(25)33(27)29-20-22-13-17-24(18-14-22)31(4)5/h7-20H,6H2,1-5H3/q+1. The molecule has 33 heavy (non-hydrogen) atoms. The normalized spacial score (nSPS) is 11.7. The minimum Gasteiger partial charge on any atom is -0.378 e. The number of nitrogens with zero attached hydrogens (tertiary/aromatic N) is 6. The third-order valence-corrected chi connectivity index (χ3v) is 5.61. The van der Waals surface area contributed by atoms with Crippen LogP contribution in [0, 0.1) is 0 Å². The summed E-state index contributed by atoms with van der Waals surface area (Å²) < 4.78 is 3.98. The summed E-state index contributed by atoms with van der Waals surface area (Å²) >= 11 is 0. The van der Waals surface area contributed by atoms with E-state index in [2.05, 4.69) is 77.4 Å². The van der Waals surface area contributed by atoms with Gasteiger partial charge in [-0.25, -0.2) is 0 Å². The molecule has 0 saturated heterocycles. The van der Waals surface area contributed by atoms with E-state index in [1.807, 2.05) is 62.1 Å². The van der Waals surface area contributed by atoms with E-state index in [-0.39, 0.29) is 0 Å². The highest BCUT2D eigenvalue weighted by Crippen LogP contribution is 2.16. The number of benzene rings is 3. The Morgan fingerprint density at radius 3 is 1.85 bits per heavy atom. The molecule has 3 aromatic carbocycles. The van der Waals surface area contributed by atoms with Crippen LogP contribution in [0.25, 0.3) is 11.0 Å². The fourth-order valence-electron chi connectivity index (χ4n) is 3.71. The maximum atomic E-state index is 4.83. The molecule has 0 unspecified atom stereocenters. The molecule has 0 saturated carbocycles. The van der Waals surface area contributed by atoms with Gasteiger partial charge in [0.05, 0.1) is 18.9 Å². The number of hydrogen-bond acceptors (Lipinski definition) is 4. The van der Waals surface area contributed by atoms with Crippen LogP contribution < -0.4 is 14.5 Å². The molecule has 0 N–H and O–H groups in total. The minimum absolute atomic E-state index is 0.794.